The molecule has 1 aliphatic heterocycles. The first-order valence-electron chi connectivity index (χ1n) is 12.7. The summed E-state index contributed by atoms with van der Waals surface area (Å²) in [4.78, 5) is 28.0. The maximum Gasteiger partial charge on any atom is 0.262 e. The number of hydrogen-bond donors (Lipinski definition) is 2. The number of anilines is 1. The summed E-state index contributed by atoms with van der Waals surface area (Å²) < 4.78 is 33.2. The van der Waals surface area contributed by atoms with Gasteiger partial charge in [0.05, 0.1) is 17.1 Å². The van der Waals surface area contributed by atoms with Crippen molar-refractivity contribution in [2.45, 2.75) is 50.2 Å². The number of amides is 2. The van der Waals surface area contributed by atoms with Crippen LogP contribution >= 0.6 is 0 Å². The van der Waals surface area contributed by atoms with E-state index in [4.69, 9.17) is 4.74 Å². The molecular weight excluding hydrogens is 502 g/mol. The van der Waals surface area contributed by atoms with E-state index in [1.165, 1.54) is 0 Å². The number of para-hydroxylation sites is 2. The van der Waals surface area contributed by atoms with Crippen molar-refractivity contribution in [2.24, 2.45) is 0 Å². The predicted molar refractivity (Wildman–Crippen MR) is 147 cm³/mol. The quantitative estimate of drug-likeness (QED) is 0.414. The van der Waals surface area contributed by atoms with Crippen LogP contribution in [0.1, 0.15) is 31.4 Å². The minimum atomic E-state index is -3.57. The molecule has 0 saturated heterocycles. The van der Waals surface area contributed by atoms with Gasteiger partial charge in [-0.15, -0.1) is 0 Å². The highest BCUT2D eigenvalue weighted by Gasteiger charge is 2.33. The van der Waals surface area contributed by atoms with Crippen LogP contribution in [0, 0.1) is 0 Å². The summed E-state index contributed by atoms with van der Waals surface area (Å²) >= 11 is 0. The fourth-order valence-corrected chi connectivity index (χ4v) is 5.55. The van der Waals surface area contributed by atoms with Crippen LogP contribution in [0.5, 0.6) is 5.75 Å². The molecule has 1 heterocycles. The average Bonchev–Trinajstić information content (AvgIpc) is 2.91. The number of nitrogens with zero attached hydrogens (tertiary/aromatic N) is 1. The SMILES string of the molecule is CC(C)NS(=O)(=O)c1ccc(CCC(=O)N2CC(C(=O)NCCc3ccccc3)Oc3ccccc32)cc1. The molecule has 2 amide bonds. The molecule has 1 atom stereocenters. The lowest BCUT2D eigenvalue weighted by Crippen LogP contribution is -2.51. The van der Waals surface area contributed by atoms with Crippen molar-refractivity contribution in [3.63, 3.8) is 0 Å². The summed E-state index contributed by atoms with van der Waals surface area (Å²) in [5.74, 6) is 0.0866. The molecule has 8 nitrogen and oxygen atoms in total. The Morgan fingerprint density at radius 2 is 1.58 bits per heavy atom. The van der Waals surface area contributed by atoms with E-state index in [1.54, 1.807) is 61.2 Å². The molecule has 3 aromatic rings. The highest BCUT2D eigenvalue weighted by Crippen LogP contribution is 2.33. The first-order valence-corrected chi connectivity index (χ1v) is 14.2. The predicted octanol–water partition coefficient (Wildman–Crippen LogP) is 3.46. The zero-order chi connectivity index (χ0) is 27.1. The number of sulfonamides is 1. The minimum Gasteiger partial charge on any atom is -0.477 e. The summed E-state index contributed by atoms with van der Waals surface area (Å²) in [6, 6.07) is 23.4. The number of aryl methyl sites for hydroxylation is 1. The Labute approximate surface area is 224 Å². The van der Waals surface area contributed by atoms with Gasteiger partial charge < -0.3 is 15.0 Å². The molecule has 38 heavy (non-hydrogen) atoms. The van der Waals surface area contributed by atoms with Gasteiger partial charge in [-0.25, -0.2) is 13.1 Å². The van der Waals surface area contributed by atoms with Crippen molar-refractivity contribution in [1.82, 2.24) is 10.0 Å². The van der Waals surface area contributed by atoms with E-state index in [1.807, 2.05) is 36.4 Å². The van der Waals surface area contributed by atoms with Gasteiger partial charge in [-0.2, -0.15) is 0 Å². The molecule has 200 valence electrons. The molecular formula is C29H33N3O5S. The first-order chi connectivity index (χ1) is 18.2. The van der Waals surface area contributed by atoms with E-state index in [2.05, 4.69) is 10.0 Å². The number of nitrogens with one attached hydrogen (secondary N) is 2. The maximum absolute atomic E-state index is 13.3. The first kappa shape index (κ1) is 27.3. The van der Waals surface area contributed by atoms with Crippen molar-refractivity contribution >= 4 is 27.5 Å². The topological polar surface area (TPSA) is 105 Å². The van der Waals surface area contributed by atoms with Crippen LogP contribution in [0.4, 0.5) is 5.69 Å². The van der Waals surface area contributed by atoms with Gasteiger partial charge in [0.1, 0.15) is 5.75 Å². The van der Waals surface area contributed by atoms with Crippen LogP contribution in [0.2, 0.25) is 0 Å². The summed E-state index contributed by atoms with van der Waals surface area (Å²) in [5.41, 5.74) is 2.60. The Hall–Kier alpha value is -3.69. The Bertz CT molecular complexity index is 1360. The van der Waals surface area contributed by atoms with Gasteiger partial charge in [0, 0.05) is 19.0 Å². The van der Waals surface area contributed by atoms with E-state index < -0.39 is 16.1 Å². The number of fused-ring (bicyclic) bond motifs is 1. The maximum atomic E-state index is 13.3. The van der Waals surface area contributed by atoms with Gasteiger partial charge in [-0.3, -0.25) is 9.59 Å². The lowest BCUT2D eigenvalue weighted by molar-refractivity contribution is -0.128. The van der Waals surface area contributed by atoms with Crippen LogP contribution < -0.4 is 19.7 Å². The standard InChI is InChI=1S/C29H33N3O5S/c1-21(2)31-38(35,36)24-15-12-23(13-16-24)14-17-28(33)32-20-27(37-26-11-7-6-10-25(26)32)29(34)30-19-18-22-8-4-3-5-9-22/h3-13,15-16,21,27,31H,14,17-20H2,1-2H3,(H,30,34). The van der Waals surface area contributed by atoms with Gasteiger partial charge in [-0.1, -0.05) is 54.6 Å². The average molecular weight is 536 g/mol. The third kappa shape index (κ3) is 6.99. The van der Waals surface area contributed by atoms with Crippen LogP contribution in [0.3, 0.4) is 0 Å². The van der Waals surface area contributed by atoms with Gasteiger partial charge in [0.15, 0.2) is 6.10 Å². The molecule has 0 spiro atoms. The van der Waals surface area contributed by atoms with Crippen molar-refractivity contribution in [2.75, 3.05) is 18.0 Å². The summed E-state index contributed by atoms with van der Waals surface area (Å²) in [7, 11) is -3.57. The molecule has 0 saturated carbocycles. The monoisotopic (exact) mass is 535 g/mol. The van der Waals surface area contributed by atoms with Crippen LogP contribution in [0.25, 0.3) is 0 Å². The molecule has 4 rings (SSSR count). The van der Waals surface area contributed by atoms with E-state index in [0.29, 0.717) is 30.8 Å². The lowest BCUT2D eigenvalue weighted by Gasteiger charge is -2.34. The Morgan fingerprint density at radius 3 is 2.29 bits per heavy atom. The molecule has 2 N–H and O–H groups in total. The van der Waals surface area contributed by atoms with Crippen molar-refractivity contribution in [1.29, 1.82) is 0 Å². The second kappa shape index (κ2) is 12.2. The molecule has 1 aliphatic rings. The molecule has 1 unspecified atom stereocenters. The Kier molecular flexibility index (Phi) is 8.81. The van der Waals surface area contributed by atoms with Crippen LogP contribution in [-0.2, 0) is 32.5 Å². The van der Waals surface area contributed by atoms with Crippen molar-refractivity contribution < 1.29 is 22.7 Å². The Morgan fingerprint density at radius 1 is 0.921 bits per heavy atom. The molecule has 3 aromatic carbocycles. The number of ether oxygens (including phenoxy) is 1. The number of carbonyl (C=O) groups is 2. The number of carbonyl (C=O) groups excluding carboxylic acids is 2. The van der Waals surface area contributed by atoms with Gasteiger partial charge in [0.25, 0.3) is 5.91 Å². The second-order valence-electron chi connectivity index (χ2n) is 9.53. The van der Waals surface area contributed by atoms with Gasteiger partial charge >= 0.3 is 0 Å². The molecule has 0 aliphatic carbocycles. The van der Waals surface area contributed by atoms with Gasteiger partial charge in [0.2, 0.25) is 15.9 Å². The highest BCUT2D eigenvalue weighted by atomic mass is 32.2. The fourth-order valence-electron chi connectivity index (χ4n) is 4.30. The second-order valence-corrected chi connectivity index (χ2v) is 11.2. The normalized spacial score (nSPS) is 15.0. The molecule has 0 aromatic heterocycles. The van der Waals surface area contributed by atoms with Crippen LogP contribution in [-0.4, -0.2) is 45.5 Å². The fraction of sp³-hybridized carbons (Fsp3) is 0.310. The van der Waals surface area contributed by atoms with Crippen molar-refractivity contribution in [3.8, 4) is 5.75 Å². The summed E-state index contributed by atoms with van der Waals surface area (Å²) in [6.45, 7) is 4.11. The molecule has 0 fully saturated rings. The van der Waals surface area contributed by atoms with Gasteiger partial charge in [-0.05, 0) is 62.1 Å². The summed E-state index contributed by atoms with van der Waals surface area (Å²) in [6.07, 6.45) is 0.520. The zero-order valence-electron chi connectivity index (χ0n) is 21.6. The zero-order valence-corrected chi connectivity index (χ0v) is 22.4. The number of rotatable bonds is 10. The Balaban J connectivity index is 1.38. The van der Waals surface area contributed by atoms with E-state index >= 15 is 0 Å². The largest absolute Gasteiger partial charge is 0.477 e. The molecule has 9 heteroatoms. The van der Waals surface area contributed by atoms with Crippen LogP contribution in [0.15, 0.2) is 83.8 Å². The molecule has 0 bridgehead atoms. The summed E-state index contributed by atoms with van der Waals surface area (Å²) in [5, 5.41) is 2.92. The number of benzene rings is 3. The smallest absolute Gasteiger partial charge is 0.262 e. The minimum absolute atomic E-state index is 0.116. The van der Waals surface area contributed by atoms with Crippen molar-refractivity contribution in [3.05, 3.63) is 90.0 Å². The lowest BCUT2D eigenvalue weighted by atomic mass is 10.1. The van der Waals surface area contributed by atoms with E-state index in [9.17, 15) is 18.0 Å². The van der Waals surface area contributed by atoms with E-state index in [0.717, 1.165) is 11.1 Å². The van der Waals surface area contributed by atoms with E-state index in [-0.39, 0.29) is 35.7 Å². The third-order valence-corrected chi connectivity index (χ3v) is 7.85. The highest BCUT2D eigenvalue weighted by molar-refractivity contribution is 7.89. The molecule has 0 radical (unpaired) electrons. The third-order valence-electron chi connectivity index (χ3n) is 6.17. The number of hydrogen-bond acceptors (Lipinski definition) is 5.